The van der Waals surface area contributed by atoms with E-state index in [0.29, 0.717) is 5.92 Å². The molecule has 0 saturated carbocycles. The fraction of sp³-hybridized carbons (Fsp3) is 0.643. The lowest BCUT2D eigenvalue weighted by molar-refractivity contribution is 0.0663. The van der Waals surface area contributed by atoms with Crippen LogP contribution in [0.2, 0.25) is 0 Å². The van der Waals surface area contributed by atoms with E-state index in [1.54, 1.807) is 0 Å². The van der Waals surface area contributed by atoms with Crippen LogP contribution in [-0.4, -0.2) is 36.5 Å². The smallest absolute Gasteiger partial charge is 0.264 e. The fourth-order valence-electron chi connectivity index (χ4n) is 2.44. The van der Waals surface area contributed by atoms with Crippen molar-refractivity contribution in [3.8, 4) is 0 Å². The van der Waals surface area contributed by atoms with Crippen molar-refractivity contribution in [2.24, 2.45) is 5.92 Å². The van der Waals surface area contributed by atoms with Crippen molar-refractivity contribution in [2.75, 3.05) is 19.6 Å². The molecule has 0 aromatic carbocycles. The van der Waals surface area contributed by atoms with E-state index in [9.17, 15) is 4.79 Å². The zero-order valence-corrected chi connectivity index (χ0v) is 13.9. The molecule has 1 N–H and O–H groups in total. The number of nitrogens with one attached hydrogen (secondary N) is 1. The summed E-state index contributed by atoms with van der Waals surface area (Å²) in [7, 11) is 0. The molecule has 1 aromatic rings. The van der Waals surface area contributed by atoms with Gasteiger partial charge in [-0.1, -0.05) is 0 Å². The first kappa shape index (κ1) is 15.0. The highest BCUT2D eigenvalue weighted by atomic mass is 79.9. The molecule has 0 unspecified atom stereocenters. The van der Waals surface area contributed by atoms with Crippen LogP contribution < -0.4 is 5.32 Å². The summed E-state index contributed by atoms with van der Waals surface area (Å²) in [5.41, 5.74) is 0. The predicted octanol–water partition coefficient (Wildman–Crippen LogP) is 3.36. The van der Waals surface area contributed by atoms with Crippen LogP contribution in [0.1, 0.15) is 36.4 Å². The first-order valence-electron chi connectivity index (χ1n) is 6.85. The number of nitrogens with zero attached hydrogens (tertiary/aromatic N) is 1. The van der Waals surface area contributed by atoms with Crippen LogP contribution in [0.3, 0.4) is 0 Å². The highest BCUT2D eigenvalue weighted by molar-refractivity contribution is 9.11. The van der Waals surface area contributed by atoms with Gasteiger partial charge in [0.1, 0.15) is 0 Å². The molecule has 1 aliphatic heterocycles. The molecule has 106 valence electrons. The van der Waals surface area contributed by atoms with Crippen LogP contribution in [0.25, 0.3) is 0 Å². The molecule has 0 radical (unpaired) electrons. The van der Waals surface area contributed by atoms with E-state index in [1.807, 2.05) is 17.0 Å². The number of thiophene rings is 1. The maximum absolute atomic E-state index is 12.6. The SMILES string of the molecule is CC(C)N(CC1CCNCC1)C(=O)c1ccc(Br)s1. The minimum absolute atomic E-state index is 0.171. The van der Waals surface area contributed by atoms with E-state index in [1.165, 1.54) is 24.2 Å². The summed E-state index contributed by atoms with van der Waals surface area (Å²) in [6.45, 7) is 7.24. The number of carbonyl (C=O) groups excluding carboxylic acids is 1. The number of halogens is 1. The normalized spacial score (nSPS) is 16.8. The molecule has 1 aromatic heterocycles. The Labute approximate surface area is 127 Å². The van der Waals surface area contributed by atoms with E-state index in [-0.39, 0.29) is 11.9 Å². The molecular formula is C14H21BrN2OS. The monoisotopic (exact) mass is 344 g/mol. The lowest BCUT2D eigenvalue weighted by Gasteiger charge is -2.32. The van der Waals surface area contributed by atoms with E-state index in [0.717, 1.165) is 28.3 Å². The summed E-state index contributed by atoms with van der Waals surface area (Å²) in [4.78, 5) is 15.4. The first-order valence-corrected chi connectivity index (χ1v) is 8.46. The second-order valence-corrected chi connectivity index (χ2v) is 7.81. The molecule has 1 aliphatic rings. The van der Waals surface area contributed by atoms with Crippen molar-refractivity contribution in [1.29, 1.82) is 0 Å². The Balaban J connectivity index is 2.04. The van der Waals surface area contributed by atoms with Crippen LogP contribution >= 0.6 is 27.3 Å². The van der Waals surface area contributed by atoms with Crippen molar-refractivity contribution in [3.63, 3.8) is 0 Å². The van der Waals surface area contributed by atoms with Crippen LogP contribution in [0.15, 0.2) is 15.9 Å². The number of hydrogen-bond acceptors (Lipinski definition) is 3. The summed E-state index contributed by atoms with van der Waals surface area (Å²) in [5, 5.41) is 3.37. The first-order chi connectivity index (χ1) is 9.08. The lowest BCUT2D eigenvalue weighted by Crippen LogP contribution is -2.42. The molecule has 1 saturated heterocycles. The number of piperidine rings is 1. The van der Waals surface area contributed by atoms with Crippen molar-refractivity contribution >= 4 is 33.2 Å². The van der Waals surface area contributed by atoms with Crippen molar-refractivity contribution in [1.82, 2.24) is 10.2 Å². The Morgan fingerprint density at radius 1 is 1.47 bits per heavy atom. The third kappa shape index (κ3) is 4.04. The Morgan fingerprint density at radius 3 is 2.68 bits per heavy atom. The number of amides is 1. The molecule has 0 aliphatic carbocycles. The predicted molar refractivity (Wildman–Crippen MR) is 83.8 cm³/mol. The van der Waals surface area contributed by atoms with Gasteiger partial charge in [-0.05, 0) is 73.8 Å². The second-order valence-electron chi connectivity index (χ2n) is 5.35. The van der Waals surface area contributed by atoms with Gasteiger partial charge < -0.3 is 10.2 Å². The summed E-state index contributed by atoms with van der Waals surface area (Å²) < 4.78 is 1.02. The van der Waals surface area contributed by atoms with E-state index in [2.05, 4.69) is 35.1 Å². The third-order valence-corrected chi connectivity index (χ3v) is 5.19. The summed E-state index contributed by atoms with van der Waals surface area (Å²) >= 11 is 4.94. The van der Waals surface area contributed by atoms with Gasteiger partial charge >= 0.3 is 0 Å². The molecule has 0 atom stereocenters. The van der Waals surface area contributed by atoms with Crippen molar-refractivity contribution in [3.05, 3.63) is 20.8 Å². The highest BCUT2D eigenvalue weighted by Crippen LogP contribution is 2.25. The average Bonchev–Trinajstić information content (AvgIpc) is 2.83. The molecule has 2 heterocycles. The summed E-state index contributed by atoms with van der Waals surface area (Å²) in [5.74, 6) is 0.806. The van der Waals surface area contributed by atoms with Crippen LogP contribution in [0.5, 0.6) is 0 Å². The zero-order chi connectivity index (χ0) is 13.8. The van der Waals surface area contributed by atoms with Gasteiger partial charge in [0.05, 0.1) is 8.66 Å². The van der Waals surface area contributed by atoms with E-state index in [4.69, 9.17) is 0 Å². The molecule has 1 fully saturated rings. The maximum Gasteiger partial charge on any atom is 0.264 e. The second kappa shape index (κ2) is 6.86. The number of hydrogen-bond donors (Lipinski definition) is 1. The molecule has 19 heavy (non-hydrogen) atoms. The molecule has 5 heteroatoms. The quantitative estimate of drug-likeness (QED) is 0.908. The molecular weight excluding hydrogens is 324 g/mol. The standard InChI is InChI=1S/C14H21BrN2OS/c1-10(2)17(9-11-5-7-16-8-6-11)14(18)12-3-4-13(15)19-12/h3-4,10-11,16H,5-9H2,1-2H3. The van der Waals surface area contributed by atoms with Gasteiger partial charge in [-0.25, -0.2) is 0 Å². The number of carbonyl (C=O) groups is 1. The van der Waals surface area contributed by atoms with Crippen molar-refractivity contribution in [2.45, 2.75) is 32.7 Å². The van der Waals surface area contributed by atoms with Gasteiger partial charge in [0.2, 0.25) is 0 Å². The van der Waals surface area contributed by atoms with Crippen LogP contribution in [0.4, 0.5) is 0 Å². The van der Waals surface area contributed by atoms with Crippen LogP contribution in [0, 0.1) is 5.92 Å². The highest BCUT2D eigenvalue weighted by Gasteiger charge is 2.24. The zero-order valence-electron chi connectivity index (χ0n) is 11.5. The maximum atomic E-state index is 12.6. The molecule has 1 amide bonds. The van der Waals surface area contributed by atoms with Gasteiger partial charge in [-0.3, -0.25) is 4.79 Å². The Hall–Kier alpha value is -0.390. The molecule has 3 nitrogen and oxygen atoms in total. The topological polar surface area (TPSA) is 32.3 Å². The molecule has 0 spiro atoms. The Bertz CT molecular complexity index is 427. The van der Waals surface area contributed by atoms with Gasteiger partial charge in [-0.15, -0.1) is 11.3 Å². The summed E-state index contributed by atoms with van der Waals surface area (Å²) in [6.07, 6.45) is 2.34. The fourth-order valence-corrected chi connectivity index (χ4v) is 3.78. The lowest BCUT2D eigenvalue weighted by atomic mass is 9.97. The van der Waals surface area contributed by atoms with Gasteiger partial charge in [0.15, 0.2) is 0 Å². The Morgan fingerprint density at radius 2 is 2.16 bits per heavy atom. The van der Waals surface area contributed by atoms with Gasteiger partial charge in [-0.2, -0.15) is 0 Å². The number of rotatable bonds is 4. The summed E-state index contributed by atoms with van der Waals surface area (Å²) in [6, 6.07) is 4.11. The van der Waals surface area contributed by atoms with E-state index < -0.39 is 0 Å². The molecule has 2 rings (SSSR count). The molecule has 0 bridgehead atoms. The average molecular weight is 345 g/mol. The minimum atomic E-state index is 0.171. The van der Waals surface area contributed by atoms with Crippen LogP contribution in [-0.2, 0) is 0 Å². The third-order valence-electron chi connectivity index (χ3n) is 3.58. The Kier molecular flexibility index (Phi) is 5.42. The minimum Gasteiger partial charge on any atom is -0.335 e. The van der Waals surface area contributed by atoms with Crippen molar-refractivity contribution < 1.29 is 4.79 Å². The van der Waals surface area contributed by atoms with E-state index >= 15 is 0 Å². The largest absolute Gasteiger partial charge is 0.335 e. The van der Waals surface area contributed by atoms with Gasteiger partial charge in [0.25, 0.3) is 5.91 Å². The van der Waals surface area contributed by atoms with Gasteiger partial charge in [0, 0.05) is 12.6 Å².